The highest BCUT2D eigenvalue weighted by Gasteiger charge is 2.21. The van der Waals surface area contributed by atoms with Gasteiger partial charge >= 0.3 is 0 Å². The van der Waals surface area contributed by atoms with Crippen LogP contribution in [0.5, 0.6) is 0 Å². The standard InChI is InChI=1S/C54H41FN2/c55-46-29-21-41(22-30-46)39-17-19-40(20-18-39)43-25-33-48(34-26-43)56(47-31-23-42(24-32-47)38-9-2-1-3-10-38)49-35-27-44(28-36-49)45-11-8-12-50(37-45)57-53-15-6-4-13-51(53)52-14-5-7-16-54(52)57/h1-4,6,8-13,15,17-37H,5,7,14,16H2. The van der Waals surface area contributed by atoms with Crippen LogP contribution < -0.4 is 4.90 Å². The number of benzene rings is 8. The lowest BCUT2D eigenvalue weighted by atomic mass is 9.95. The maximum atomic E-state index is 13.5. The molecule has 10 rings (SSSR count). The minimum atomic E-state index is -0.224. The Balaban J connectivity index is 0.981. The van der Waals surface area contributed by atoms with Gasteiger partial charge in [0, 0.05) is 33.8 Å². The zero-order valence-electron chi connectivity index (χ0n) is 31.7. The molecule has 0 aliphatic heterocycles. The highest BCUT2D eigenvalue weighted by molar-refractivity contribution is 5.88. The maximum Gasteiger partial charge on any atom is 0.123 e. The number of aromatic nitrogens is 1. The van der Waals surface area contributed by atoms with Crippen LogP contribution in [0, 0.1) is 5.82 Å². The van der Waals surface area contributed by atoms with Crippen LogP contribution in [0.4, 0.5) is 21.5 Å². The van der Waals surface area contributed by atoms with Gasteiger partial charge in [-0.25, -0.2) is 4.39 Å². The molecule has 0 atom stereocenters. The van der Waals surface area contributed by atoms with Crippen molar-refractivity contribution in [3.8, 4) is 50.2 Å². The summed E-state index contributed by atoms with van der Waals surface area (Å²) < 4.78 is 16.0. The quantitative estimate of drug-likeness (QED) is 0.151. The van der Waals surface area contributed by atoms with Gasteiger partial charge in [-0.05, 0) is 142 Å². The lowest BCUT2D eigenvalue weighted by Gasteiger charge is -2.26. The fourth-order valence-corrected chi connectivity index (χ4v) is 8.60. The lowest BCUT2D eigenvalue weighted by molar-refractivity contribution is 0.628. The first kappa shape index (κ1) is 34.5. The van der Waals surface area contributed by atoms with E-state index in [0.29, 0.717) is 0 Å². The van der Waals surface area contributed by atoms with Gasteiger partial charge in [0.05, 0.1) is 5.52 Å². The molecule has 3 heteroatoms. The lowest BCUT2D eigenvalue weighted by Crippen LogP contribution is -2.09. The average molecular weight is 737 g/mol. The molecule has 1 heterocycles. The fourth-order valence-electron chi connectivity index (χ4n) is 8.60. The van der Waals surface area contributed by atoms with E-state index in [-0.39, 0.29) is 5.82 Å². The first-order valence-corrected chi connectivity index (χ1v) is 19.9. The predicted molar refractivity (Wildman–Crippen MR) is 236 cm³/mol. The molecule has 0 radical (unpaired) electrons. The summed E-state index contributed by atoms with van der Waals surface area (Å²) in [5.41, 5.74) is 17.9. The maximum absolute atomic E-state index is 13.5. The highest BCUT2D eigenvalue weighted by atomic mass is 19.1. The van der Waals surface area contributed by atoms with Crippen LogP contribution in [0.2, 0.25) is 0 Å². The number of rotatable bonds is 8. The second-order valence-corrected chi connectivity index (χ2v) is 15.0. The van der Waals surface area contributed by atoms with Gasteiger partial charge in [0.1, 0.15) is 5.82 Å². The number of para-hydroxylation sites is 1. The number of nitrogens with zero attached hydrogens (tertiary/aromatic N) is 2. The van der Waals surface area contributed by atoms with E-state index in [1.54, 1.807) is 0 Å². The number of fused-ring (bicyclic) bond motifs is 3. The van der Waals surface area contributed by atoms with E-state index >= 15 is 0 Å². The number of aryl methyl sites for hydroxylation is 1. The monoisotopic (exact) mass is 736 g/mol. The van der Waals surface area contributed by atoms with Crippen LogP contribution >= 0.6 is 0 Å². The molecule has 274 valence electrons. The van der Waals surface area contributed by atoms with Gasteiger partial charge in [-0.2, -0.15) is 0 Å². The Hall–Kier alpha value is -6.97. The molecule has 1 aliphatic carbocycles. The third-order valence-corrected chi connectivity index (χ3v) is 11.5. The van der Waals surface area contributed by atoms with Crippen molar-refractivity contribution < 1.29 is 4.39 Å². The number of hydrogen-bond acceptors (Lipinski definition) is 1. The van der Waals surface area contributed by atoms with Crippen LogP contribution in [-0.2, 0) is 12.8 Å². The van der Waals surface area contributed by atoms with Crippen LogP contribution in [-0.4, -0.2) is 4.57 Å². The van der Waals surface area contributed by atoms with E-state index in [9.17, 15) is 4.39 Å². The Kier molecular flexibility index (Phi) is 9.04. The molecule has 8 aromatic carbocycles. The summed E-state index contributed by atoms with van der Waals surface area (Å²) in [5.74, 6) is -0.224. The molecule has 0 unspecified atom stereocenters. The largest absolute Gasteiger partial charge is 0.313 e. The summed E-state index contributed by atoms with van der Waals surface area (Å²) in [6.07, 6.45) is 4.78. The Labute approximate surface area is 333 Å². The normalized spacial score (nSPS) is 12.4. The molecular weight excluding hydrogens is 696 g/mol. The molecule has 0 spiro atoms. The topological polar surface area (TPSA) is 8.17 Å². The summed E-state index contributed by atoms with van der Waals surface area (Å²) in [7, 11) is 0. The first-order valence-electron chi connectivity index (χ1n) is 19.9. The van der Waals surface area contributed by atoms with Crippen molar-refractivity contribution >= 4 is 28.0 Å². The summed E-state index contributed by atoms with van der Waals surface area (Å²) in [6.45, 7) is 0. The molecule has 0 saturated carbocycles. The molecule has 0 N–H and O–H groups in total. The van der Waals surface area contributed by atoms with Gasteiger partial charge in [0.25, 0.3) is 0 Å². The zero-order valence-corrected chi connectivity index (χ0v) is 31.7. The molecule has 1 aromatic heterocycles. The smallest absolute Gasteiger partial charge is 0.123 e. The average Bonchev–Trinajstić information content (AvgIpc) is 3.62. The van der Waals surface area contributed by atoms with Gasteiger partial charge in [0.15, 0.2) is 0 Å². The van der Waals surface area contributed by atoms with E-state index < -0.39 is 0 Å². The van der Waals surface area contributed by atoms with Crippen LogP contribution in [0.3, 0.4) is 0 Å². The second-order valence-electron chi connectivity index (χ2n) is 15.0. The summed E-state index contributed by atoms with van der Waals surface area (Å²) in [4.78, 5) is 2.33. The van der Waals surface area contributed by atoms with Gasteiger partial charge in [-0.1, -0.05) is 133 Å². The van der Waals surface area contributed by atoms with Crippen LogP contribution in [0.1, 0.15) is 24.1 Å². The van der Waals surface area contributed by atoms with Crippen LogP contribution in [0.15, 0.2) is 200 Å². The fraction of sp³-hybridized carbons (Fsp3) is 0.0741. The summed E-state index contributed by atoms with van der Waals surface area (Å²) >= 11 is 0. The third-order valence-electron chi connectivity index (χ3n) is 11.5. The minimum Gasteiger partial charge on any atom is -0.313 e. The number of hydrogen-bond donors (Lipinski definition) is 0. The van der Waals surface area contributed by atoms with E-state index in [1.165, 1.54) is 75.1 Å². The Morgan fingerprint density at radius 2 is 0.825 bits per heavy atom. The third kappa shape index (κ3) is 6.72. The highest BCUT2D eigenvalue weighted by Crippen LogP contribution is 2.39. The van der Waals surface area contributed by atoms with E-state index in [1.807, 2.05) is 12.1 Å². The van der Waals surface area contributed by atoms with E-state index in [0.717, 1.165) is 52.2 Å². The molecule has 0 amide bonds. The van der Waals surface area contributed by atoms with Gasteiger partial charge in [0.2, 0.25) is 0 Å². The SMILES string of the molecule is Fc1ccc(-c2ccc(-c3ccc(N(c4ccc(-c5ccccc5)cc4)c4ccc(-c5cccc(-n6c7c(c8ccccc86)CCCC7)c5)cc4)cc3)cc2)cc1. The van der Waals surface area contributed by atoms with Crippen molar-refractivity contribution in [2.75, 3.05) is 4.90 Å². The predicted octanol–water partition coefficient (Wildman–Crippen LogP) is 14.8. The Morgan fingerprint density at radius 1 is 0.386 bits per heavy atom. The van der Waals surface area contributed by atoms with Crippen molar-refractivity contribution in [2.24, 2.45) is 0 Å². The van der Waals surface area contributed by atoms with Crippen molar-refractivity contribution in [3.05, 3.63) is 217 Å². The summed E-state index contributed by atoms with van der Waals surface area (Å²) in [5, 5.41) is 1.40. The molecule has 9 aromatic rings. The van der Waals surface area contributed by atoms with Crippen molar-refractivity contribution in [3.63, 3.8) is 0 Å². The molecule has 0 fully saturated rings. The van der Waals surface area contributed by atoms with Crippen LogP contribution in [0.25, 0.3) is 61.1 Å². The second kappa shape index (κ2) is 14.9. The number of anilines is 3. The molecule has 0 saturated heterocycles. The van der Waals surface area contributed by atoms with Crippen molar-refractivity contribution in [1.82, 2.24) is 4.57 Å². The van der Waals surface area contributed by atoms with E-state index in [2.05, 4.69) is 185 Å². The Morgan fingerprint density at radius 3 is 1.40 bits per heavy atom. The first-order chi connectivity index (χ1) is 28.2. The van der Waals surface area contributed by atoms with Gasteiger partial charge < -0.3 is 9.47 Å². The molecule has 0 bridgehead atoms. The Bertz CT molecular complexity index is 2800. The summed E-state index contributed by atoms with van der Waals surface area (Å²) in [6, 6.07) is 70.2. The zero-order chi connectivity index (χ0) is 38.1. The van der Waals surface area contributed by atoms with Gasteiger partial charge in [-0.3, -0.25) is 0 Å². The van der Waals surface area contributed by atoms with Gasteiger partial charge in [-0.15, -0.1) is 0 Å². The van der Waals surface area contributed by atoms with Crippen molar-refractivity contribution in [1.29, 1.82) is 0 Å². The molecule has 57 heavy (non-hydrogen) atoms. The minimum absolute atomic E-state index is 0.224. The molecular formula is C54H41FN2. The van der Waals surface area contributed by atoms with Crippen molar-refractivity contribution in [2.45, 2.75) is 25.7 Å². The molecule has 2 nitrogen and oxygen atoms in total. The van der Waals surface area contributed by atoms with E-state index in [4.69, 9.17) is 0 Å². The molecule has 1 aliphatic rings. The number of halogens is 1.